The molecular formula is C19H18ClN7OS. The van der Waals surface area contributed by atoms with Crippen molar-refractivity contribution in [2.75, 3.05) is 23.3 Å². The minimum absolute atomic E-state index is 0.255. The highest BCUT2D eigenvalue weighted by atomic mass is 35.5. The number of amides is 1. The van der Waals surface area contributed by atoms with Gasteiger partial charge in [-0.2, -0.15) is 14.9 Å². The molecule has 1 heterocycles. The van der Waals surface area contributed by atoms with Gasteiger partial charge in [0.25, 0.3) is 0 Å². The van der Waals surface area contributed by atoms with E-state index in [1.54, 1.807) is 25.1 Å². The highest BCUT2D eigenvalue weighted by molar-refractivity contribution is 7.10. The van der Waals surface area contributed by atoms with Crippen molar-refractivity contribution in [1.82, 2.24) is 4.37 Å². The molecule has 0 radical (unpaired) electrons. The van der Waals surface area contributed by atoms with E-state index in [0.717, 1.165) is 17.2 Å². The maximum absolute atomic E-state index is 11.6. The van der Waals surface area contributed by atoms with Gasteiger partial charge in [0, 0.05) is 31.2 Å². The van der Waals surface area contributed by atoms with Gasteiger partial charge in [-0.1, -0.05) is 17.7 Å². The number of halogens is 1. The fraction of sp³-hybridized carbons (Fsp3) is 0.263. The molecule has 1 N–H and O–H groups in total. The van der Waals surface area contributed by atoms with Crippen LogP contribution in [-0.2, 0) is 4.79 Å². The van der Waals surface area contributed by atoms with Crippen molar-refractivity contribution in [2.24, 2.45) is 10.2 Å². The van der Waals surface area contributed by atoms with Crippen LogP contribution in [0.1, 0.15) is 24.6 Å². The largest absolute Gasteiger partial charge is 0.367 e. The van der Waals surface area contributed by atoms with E-state index < -0.39 is 0 Å². The summed E-state index contributed by atoms with van der Waals surface area (Å²) in [6.07, 6.45) is 2.11. The average molecular weight is 428 g/mol. The van der Waals surface area contributed by atoms with Crippen molar-refractivity contribution in [3.8, 4) is 12.1 Å². The number of azo groups is 1. The third-order valence-electron chi connectivity index (χ3n) is 3.77. The first-order valence-corrected chi connectivity index (χ1v) is 9.78. The van der Waals surface area contributed by atoms with Gasteiger partial charge in [-0.25, -0.2) is 0 Å². The average Bonchev–Trinajstić information content (AvgIpc) is 3.06. The van der Waals surface area contributed by atoms with Crippen LogP contribution in [-0.4, -0.2) is 23.4 Å². The van der Waals surface area contributed by atoms with Crippen LogP contribution in [0.4, 0.5) is 22.1 Å². The van der Waals surface area contributed by atoms with Crippen LogP contribution in [0.5, 0.6) is 0 Å². The Balaban J connectivity index is 2.40. The smallest absolute Gasteiger partial charge is 0.221 e. The maximum atomic E-state index is 11.6. The van der Waals surface area contributed by atoms with Gasteiger partial charge in [0.2, 0.25) is 5.91 Å². The quantitative estimate of drug-likeness (QED) is 0.583. The Morgan fingerprint density at radius 1 is 1.41 bits per heavy atom. The Morgan fingerprint density at radius 3 is 2.86 bits per heavy atom. The Kier molecular flexibility index (Phi) is 8.28. The van der Waals surface area contributed by atoms with Gasteiger partial charge in [-0.3, -0.25) is 4.79 Å². The van der Waals surface area contributed by atoms with Gasteiger partial charge in [-0.15, -0.1) is 10.2 Å². The topological polar surface area (TPSA) is 118 Å². The summed E-state index contributed by atoms with van der Waals surface area (Å²) < 4.78 is 4.11. The third kappa shape index (κ3) is 6.11. The van der Waals surface area contributed by atoms with Gasteiger partial charge in [0.15, 0.2) is 5.00 Å². The van der Waals surface area contributed by atoms with Crippen LogP contribution in [0.2, 0.25) is 0 Å². The van der Waals surface area contributed by atoms with Crippen LogP contribution >= 0.6 is 23.1 Å². The first kappa shape index (κ1) is 22.0. The number of aromatic nitrogens is 1. The van der Waals surface area contributed by atoms with Crippen molar-refractivity contribution in [3.63, 3.8) is 0 Å². The molecule has 0 fully saturated rings. The molecule has 148 valence electrons. The molecule has 0 unspecified atom stereocenters. The van der Waals surface area contributed by atoms with E-state index in [1.165, 1.54) is 12.5 Å². The maximum Gasteiger partial charge on any atom is 0.221 e. The first-order chi connectivity index (χ1) is 14.0. The predicted octanol–water partition coefficient (Wildman–Crippen LogP) is 5.17. The van der Waals surface area contributed by atoms with E-state index in [4.69, 9.17) is 16.9 Å². The number of nitriles is 2. The lowest BCUT2D eigenvalue weighted by atomic mass is 10.2. The summed E-state index contributed by atoms with van der Waals surface area (Å²) >= 11 is 6.72. The monoisotopic (exact) mass is 427 g/mol. The normalized spacial score (nSPS) is 10.8. The summed E-state index contributed by atoms with van der Waals surface area (Å²) in [7, 11) is 0. The standard InChI is InChI=1S/C19H18ClN7OS/c1-13-16(12-22)19(29-26-13)25-24-17-6-5-15(11-18(17)23-14(2)28)27(9-3-7-20)10-4-8-21/h3,5-7,11H,4,9-10H2,1-2H3,(H,23,28). The molecule has 1 aromatic carbocycles. The van der Waals surface area contributed by atoms with Crippen LogP contribution in [0.15, 0.2) is 40.0 Å². The number of carbonyl (C=O) groups excluding carboxylic acids is 1. The predicted molar refractivity (Wildman–Crippen MR) is 114 cm³/mol. The molecular weight excluding hydrogens is 410 g/mol. The second kappa shape index (κ2) is 10.9. The van der Waals surface area contributed by atoms with Crippen molar-refractivity contribution in [1.29, 1.82) is 10.5 Å². The molecule has 0 saturated heterocycles. The van der Waals surface area contributed by atoms with Crippen LogP contribution in [0, 0.1) is 29.6 Å². The minimum atomic E-state index is -0.255. The summed E-state index contributed by atoms with van der Waals surface area (Å²) in [5.41, 5.74) is 4.10. The van der Waals surface area contributed by atoms with Gasteiger partial charge >= 0.3 is 0 Å². The molecule has 1 amide bonds. The van der Waals surface area contributed by atoms with E-state index in [9.17, 15) is 10.1 Å². The van der Waals surface area contributed by atoms with Gasteiger partial charge in [0.1, 0.15) is 17.3 Å². The van der Waals surface area contributed by atoms with Crippen molar-refractivity contribution in [3.05, 3.63) is 41.1 Å². The Bertz CT molecular complexity index is 1020. The van der Waals surface area contributed by atoms with Crippen molar-refractivity contribution < 1.29 is 4.79 Å². The summed E-state index contributed by atoms with van der Waals surface area (Å²) in [6.45, 7) is 4.15. The van der Waals surface area contributed by atoms with Gasteiger partial charge in [-0.05, 0) is 36.7 Å². The highest BCUT2D eigenvalue weighted by Gasteiger charge is 2.12. The summed E-state index contributed by atoms with van der Waals surface area (Å²) in [6, 6.07) is 9.49. The Labute approximate surface area is 177 Å². The van der Waals surface area contributed by atoms with E-state index >= 15 is 0 Å². The number of rotatable bonds is 8. The molecule has 0 aliphatic rings. The summed E-state index contributed by atoms with van der Waals surface area (Å²) in [4.78, 5) is 13.6. The van der Waals surface area contributed by atoms with Crippen LogP contribution < -0.4 is 10.2 Å². The van der Waals surface area contributed by atoms with Crippen LogP contribution in [0.3, 0.4) is 0 Å². The lowest BCUT2D eigenvalue weighted by Gasteiger charge is -2.23. The number of nitrogens with zero attached hydrogens (tertiary/aromatic N) is 6. The zero-order chi connectivity index (χ0) is 21.2. The van der Waals surface area contributed by atoms with Crippen molar-refractivity contribution in [2.45, 2.75) is 20.3 Å². The van der Waals surface area contributed by atoms with Gasteiger partial charge < -0.3 is 10.2 Å². The molecule has 0 spiro atoms. The zero-order valence-electron chi connectivity index (χ0n) is 15.9. The number of benzene rings is 1. The number of carbonyl (C=O) groups is 1. The SMILES string of the molecule is CC(=O)Nc1cc(N(CC=CCl)CCC#N)ccc1N=Nc1snc(C)c1C#N. The molecule has 1 aromatic heterocycles. The lowest BCUT2D eigenvalue weighted by molar-refractivity contribution is -0.114. The molecule has 0 atom stereocenters. The lowest BCUT2D eigenvalue weighted by Crippen LogP contribution is -2.24. The number of aryl methyl sites for hydroxylation is 1. The molecule has 0 saturated carbocycles. The molecule has 29 heavy (non-hydrogen) atoms. The highest BCUT2D eigenvalue weighted by Crippen LogP contribution is 2.34. The van der Waals surface area contributed by atoms with E-state index in [2.05, 4.69) is 32.1 Å². The molecule has 2 aromatic rings. The first-order valence-electron chi connectivity index (χ1n) is 8.57. The molecule has 0 aliphatic heterocycles. The Hall–Kier alpha value is -3.27. The van der Waals surface area contributed by atoms with Gasteiger partial charge in [0.05, 0.1) is 23.9 Å². The molecule has 0 bridgehead atoms. The third-order valence-corrected chi connectivity index (χ3v) is 4.77. The summed E-state index contributed by atoms with van der Waals surface area (Å²) in [5.74, 6) is -0.255. The summed E-state index contributed by atoms with van der Waals surface area (Å²) in [5, 5.41) is 29.6. The van der Waals surface area contributed by atoms with Crippen molar-refractivity contribution >= 4 is 51.1 Å². The number of hydrogen-bond acceptors (Lipinski definition) is 8. The van der Waals surface area contributed by atoms with E-state index in [-0.39, 0.29) is 5.91 Å². The molecule has 2 rings (SSSR count). The fourth-order valence-corrected chi connectivity index (χ4v) is 3.19. The zero-order valence-corrected chi connectivity index (χ0v) is 17.5. The molecule has 8 nitrogen and oxygen atoms in total. The fourth-order valence-electron chi connectivity index (χ4n) is 2.43. The second-order valence-corrected chi connectivity index (χ2v) is 6.86. The molecule has 0 aliphatic carbocycles. The van der Waals surface area contributed by atoms with Crippen LogP contribution in [0.25, 0.3) is 0 Å². The second-order valence-electron chi connectivity index (χ2n) is 5.86. The number of anilines is 2. The van der Waals surface area contributed by atoms with E-state index in [0.29, 0.717) is 47.1 Å². The number of hydrogen-bond donors (Lipinski definition) is 1. The number of nitrogens with one attached hydrogen (secondary N) is 1. The minimum Gasteiger partial charge on any atom is -0.367 e. The van der Waals surface area contributed by atoms with E-state index in [1.807, 2.05) is 11.0 Å². The Morgan fingerprint density at radius 2 is 2.21 bits per heavy atom. The molecule has 10 heteroatoms.